The van der Waals surface area contributed by atoms with Crippen molar-refractivity contribution < 1.29 is 22.8 Å². The van der Waals surface area contributed by atoms with Gasteiger partial charge in [-0.1, -0.05) is 32.0 Å². The molecule has 2 amide bonds. The number of fused-ring (bicyclic) bond motifs is 2. The van der Waals surface area contributed by atoms with Gasteiger partial charge in [0.15, 0.2) is 5.82 Å². The van der Waals surface area contributed by atoms with Crippen molar-refractivity contribution in [1.82, 2.24) is 19.7 Å². The second-order valence-corrected chi connectivity index (χ2v) is 7.96. The van der Waals surface area contributed by atoms with E-state index in [1.165, 1.54) is 9.80 Å². The lowest BCUT2D eigenvalue weighted by molar-refractivity contribution is -0.148. The standard InChI is InChI=1S/C19H20F3N5O2/c1-18(2)9-15(28)27(13-6-4-3-5-12(13)18)11-16(29)25-7-8-26-14(10-25)23-24-17(26)19(20,21)22/h3-6H,7-11H2,1-2H3. The Hall–Kier alpha value is -2.91. The van der Waals surface area contributed by atoms with E-state index in [0.29, 0.717) is 5.69 Å². The summed E-state index contributed by atoms with van der Waals surface area (Å²) in [5.41, 5.74) is 1.35. The largest absolute Gasteiger partial charge is 0.451 e. The summed E-state index contributed by atoms with van der Waals surface area (Å²) < 4.78 is 39.9. The van der Waals surface area contributed by atoms with Crippen LogP contribution in [0.2, 0.25) is 0 Å². The van der Waals surface area contributed by atoms with Gasteiger partial charge in [0.05, 0.1) is 6.54 Å². The number of halogens is 3. The van der Waals surface area contributed by atoms with Crippen molar-refractivity contribution in [3.05, 3.63) is 41.5 Å². The Kier molecular flexibility index (Phi) is 4.39. The number of carbonyl (C=O) groups is 2. The van der Waals surface area contributed by atoms with Gasteiger partial charge in [-0.05, 0) is 11.6 Å². The average molecular weight is 407 g/mol. The van der Waals surface area contributed by atoms with Gasteiger partial charge in [-0.25, -0.2) is 0 Å². The smallest absolute Gasteiger partial charge is 0.332 e. The predicted octanol–water partition coefficient (Wildman–Crippen LogP) is 2.35. The lowest BCUT2D eigenvalue weighted by atomic mass is 9.77. The fraction of sp³-hybridized carbons (Fsp3) is 0.474. The van der Waals surface area contributed by atoms with E-state index in [-0.39, 0.29) is 55.7 Å². The molecule has 154 valence electrons. The van der Waals surface area contributed by atoms with Crippen LogP contribution in [-0.4, -0.2) is 44.6 Å². The zero-order valence-electron chi connectivity index (χ0n) is 16.0. The first-order valence-corrected chi connectivity index (χ1v) is 9.25. The lowest BCUT2D eigenvalue weighted by Gasteiger charge is -2.39. The molecular weight excluding hydrogens is 387 g/mol. The number of para-hydroxylation sites is 1. The molecule has 4 rings (SSSR count). The Bertz CT molecular complexity index is 982. The van der Waals surface area contributed by atoms with Gasteiger partial charge < -0.3 is 14.4 Å². The molecule has 0 radical (unpaired) electrons. The van der Waals surface area contributed by atoms with Crippen LogP contribution in [0.5, 0.6) is 0 Å². The van der Waals surface area contributed by atoms with Crippen LogP contribution >= 0.6 is 0 Å². The quantitative estimate of drug-likeness (QED) is 0.766. The fourth-order valence-corrected chi connectivity index (χ4v) is 3.97. The number of anilines is 1. The molecule has 2 aliphatic rings. The van der Waals surface area contributed by atoms with Crippen LogP contribution in [0, 0.1) is 0 Å². The maximum absolute atomic E-state index is 13.0. The summed E-state index contributed by atoms with van der Waals surface area (Å²) in [5.74, 6) is -1.46. The molecule has 3 heterocycles. The van der Waals surface area contributed by atoms with Crippen LogP contribution in [0.4, 0.5) is 18.9 Å². The second-order valence-electron chi connectivity index (χ2n) is 7.96. The highest BCUT2D eigenvalue weighted by Gasteiger charge is 2.41. The van der Waals surface area contributed by atoms with Crippen LogP contribution in [0.1, 0.15) is 37.5 Å². The minimum atomic E-state index is -4.59. The normalized spacial score (nSPS) is 18.4. The van der Waals surface area contributed by atoms with Gasteiger partial charge in [-0.3, -0.25) is 9.59 Å². The third kappa shape index (κ3) is 3.36. The first-order valence-electron chi connectivity index (χ1n) is 9.25. The highest BCUT2D eigenvalue weighted by atomic mass is 19.4. The van der Waals surface area contributed by atoms with Gasteiger partial charge in [0.1, 0.15) is 6.54 Å². The summed E-state index contributed by atoms with van der Waals surface area (Å²) >= 11 is 0. The maximum atomic E-state index is 13.0. The number of hydrogen-bond acceptors (Lipinski definition) is 4. The van der Waals surface area contributed by atoms with Crippen molar-refractivity contribution in [2.45, 2.75) is 44.9 Å². The van der Waals surface area contributed by atoms with Crippen LogP contribution < -0.4 is 4.90 Å². The highest BCUT2D eigenvalue weighted by molar-refractivity contribution is 6.02. The molecule has 2 aliphatic heterocycles. The summed E-state index contributed by atoms with van der Waals surface area (Å²) in [6, 6.07) is 7.46. The van der Waals surface area contributed by atoms with E-state index in [2.05, 4.69) is 10.2 Å². The van der Waals surface area contributed by atoms with Crippen molar-refractivity contribution in [1.29, 1.82) is 0 Å². The van der Waals surface area contributed by atoms with Crippen LogP contribution in [-0.2, 0) is 34.3 Å². The summed E-state index contributed by atoms with van der Waals surface area (Å²) in [7, 11) is 0. The molecule has 0 saturated heterocycles. The van der Waals surface area contributed by atoms with E-state index < -0.39 is 12.0 Å². The first kappa shape index (κ1) is 19.4. The SMILES string of the molecule is CC1(C)CC(=O)N(CC(=O)N2CCn3c(nnc3C(F)(F)F)C2)c2ccccc21. The molecule has 0 saturated carbocycles. The van der Waals surface area contributed by atoms with Crippen molar-refractivity contribution in [2.24, 2.45) is 0 Å². The predicted molar refractivity (Wildman–Crippen MR) is 96.9 cm³/mol. The first-order chi connectivity index (χ1) is 13.6. The molecule has 0 atom stereocenters. The molecule has 0 fully saturated rings. The number of carbonyl (C=O) groups excluding carboxylic acids is 2. The third-order valence-corrected chi connectivity index (χ3v) is 5.47. The Morgan fingerprint density at radius 1 is 1.17 bits per heavy atom. The summed E-state index contributed by atoms with van der Waals surface area (Å²) in [4.78, 5) is 28.4. The van der Waals surface area contributed by atoms with Gasteiger partial charge in [0.2, 0.25) is 17.6 Å². The van der Waals surface area contributed by atoms with Gasteiger partial charge >= 0.3 is 6.18 Å². The van der Waals surface area contributed by atoms with Gasteiger partial charge in [0.25, 0.3) is 0 Å². The summed E-state index contributed by atoms with van der Waals surface area (Å²) in [6.45, 7) is 3.79. The monoisotopic (exact) mass is 407 g/mol. The number of benzene rings is 1. The molecule has 1 aromatic carbocycles. The highest BCUT2D eigenvalue weighted by Crippen LogP contribution is 2.40. The van der Waals surface area contributed by atoms with Crippen LogP contribution in [0.15, 0.2) is 24.3 Å². The molecule has 0 bridgehead atoms. The maximum Gasteiger partial charge on any atom is 0.451 e. The van der Waals surface area contributed by atoms with Crippen molar-refractivity contribution in [3.63, 3.8) is 0 Å². The molecule has 7 nitrogen and oxygen atoms in total. The van der Waals surface area contributed by atoms with E-state index in [1.54, 1.807) is 0 Å². The van der Waals surface area contributed by atoms with Gasteiger partial charge in [-0.15, -0.1) is 10.2 Å². The van der Waals surface area contributed by atoms with E-state index in [0.717, 1.165) is 10.1 Å². The third-order valence-electron chi connectivity index (χ3n) is 5.47. The Morgan fingerprint density at radius 2 is 1.90 bits per heavy atom. The average Bonchev–Trinajstić information content (AvgIpc) is 3.08. The number of hydrogen-bond donors (Lipinski definition) is 0. The molecule has 1 aromatic heterocycles. The number of aromatic nitrogens is 3. The van der Waals surface area contributed by atoms with Crippen molar-refractivity contribution in [3.8, 4) is 0 Å². The summed E-state index contributed by atoms with van der Waals surface area (Å²) in [6.07, 6.45) is -4.31. The zero-order chi connectivity index (χ0) is 21.0. The van der Waals surface area contributed by atoms with E-state index >= 15 is 0 Å². The second kappa shape index (κ2) is 6.57. The van der Waals surface area contributed by atoms with Crippen molar-refractivity contribution in [2.75, 3.05) is 18.0 Å². The van der Waals surface area contributed by atoms with Gasteiger partial charge in [0, 0.05) is 30.6 Å². The number of rotatable bonds is 2. The zero-order valence-corrected chi connectivity index (χ0v) is 16.0. The van der Waals surface area contributed by atoms with Gasteiger partial charge in [-0.2, -0.15) is 13.2 Å². The summed E-state index contributed by atoms with van der Waals surface area (Å²) in [5, 5.41) is 6.81. The Balaban J connectivity index is 1.53. The van der Waals surface area contributed by atoms with E-state index in [4.69, 9.17) is 0 Å². The lowest BCUT2D eigenvalue weighted by Crippen LogP contribution is -2.49. The van der Waals surface area contributed by atoms with Crippen LogP contribution in [0.3, 0.4) is 0 Å². The number of amides is 2. The molecule has 0 spiro atoms. The van der Waals surface area contributed by atoms with Crippen molar-refractivity contribution >= 4 is 17.5 Å². The Labute approximate surface area is 165 Å². The molecule has 2 aromatic rings. The molecule has 0 aliphatic carbocycles. The molecule has 29 heavy (non-hydrogen) atoms. The topological polar surface area (TPSA) is 71.3 Å². The van der Waals surface area contributed by atoms with Crippen LogP contribution in [0.25, 0.3) is 0 Å². The Morgan fingerprint density at radius 3 is 2.62 bits per heavy atom. The molecule has 10 heteroatoms. The number of nitrogens with zero attached hydrogens (tertiary/aromatic N) is 5. The van der Waals surface area contributed by atoms with E-state index in [1.807, 2.05) is 38.1 Å². The molecular formula is C19H20F3N5O2. The molecule has 0 unspecified atom stereocenters. The number of alkyl halides is 3. The molecule has 0 N–H and O–H groups in total. The fourth-order valence-electron chi connectivity index (χ4n) is 3.97. The van der Waals surface area contributed by atoms with E-state index in [9.17, 15) is 22.8 Å². The minimum absolute atomic E-state index is 0.0412. The minimum Gasteiger partial charge on any atom is -0.332 e.